The fourth-order valence-corrected chi connectivity index (χ4v) is 1.81. The molecule has 106 valence electrons. The maximum absolute atomic E-state index is 12.0. The summed E-state index contributed by atoms with van der Waals surface area (Å²) < 4.78 is 15.8. The maximum atomic E-state index is 12.0. The second-order valence-electron chi connectivity index (χ2n) is 4.16. The summed E-state index contributed by atoms with van der Waals surface area (Å²) in [7, 11) is 1.59. The SMILES string of the molecule is C=CCOc1cc(C(=O)NCCOC)cc2occc12. The van der Waals surface area contributed by atoms with Crippen molar-refractivity contribution in [2.24, 2.45) is 0 Å². The maximum Gasteiger partial charge on any atom is 0.251 e. The van der Waals surface area contributed by atoms with Gasteiger partial charge < -0.3 is 19.2 Å². The Balaban J connectivity index is 2.24. The minimum atomic E-state index is -0.191. The molecule has 2 aromatic rings. The van der Waals surface area contributed by atoms with E-state index < -0.39 is 0 Å². The number of rotatable bonds is 7. The molecule has 0 saturated heterocycles. The van der Waals surface area contributed by atoms with Crippen molar-refractivity contribution in [1.82, 2.24) is 5.32 Å². The first-order valence-electron chi connectivity index (χ1n) is 6.28. The highest BCUT2D eigenvalue weighted by molar-refractivity contribution is 5.99. The molecule has 0 aliphatic carbocycles. The molecule has 0 fully saturated rings. The van der Waals surface area contributed by atoms with E-state index in [9.17, 15) is 4.79 Å². The normalized spacial score (nSPS) is 10.4. The van der Waals surface area contributed by atoms with Crippen LogP contribution in [0.3, 0.4) is 0 Å². The van der Waals surface area contributed by atoms with Gasteiger partial charge in [0.1, 0.15) is 17.9 Å². The van der Waals surface area contributed by atoms with Gasteiger partial charge in [0.25, 0.3) is 5.91 Å². The zero-order valence-electron chi connectivity index (χ0n) is 11.3. The number of hydrogen-bond donors (Lipinski definition) is 1. The molecule has 2 rings (SSSR count). The summed E-state index contributed by atoms with van der Waals surface area (Å²) in [5.41, 5.74) is 1.10. The number of methoxy groups -OCH3 is 1. The summed E-state index contributed by atoms with van der Waals surface area (Å²) in [4.78, 5) is 12.0. The number of furan rings is 1. The van der Waals surface area contributed by atoms with Crippen molar-refractivity contribution < 1.29 is 18.7 Å². The zero-order valence-corrected chi connectivity index (χ0v) is 11.3. The number of amides is 1. The van der Waals surface area contributed by atoms with Crippen LogP contribution in [-0.2, 0) is 4.74 Å². The van der Waals surface area contributed by atoms with Gasteiger partial charge in [-0.05, 0) is 18.2 Å². The van der Waals surface area contributed by atoms with Crippen LogP contribution in [0.4, 0.5) is 0 Å². The van der Waals surface area contributed by atoms with E-state index in [2.05, 4.69) is 11.9 Å². The van der Waals surface area contributed by atoms with Crippen LogP contribution in [-0.4, -0.2) is 32.8 Å². The van der Waals surface area contributed by atoms with E-state index in [1.54, 1.807) is 37.6 Å². The predicted octanol–water partition coefficient (Wildman–Crippen LogP) is 2.37. The van der Waals surface area contributed by atoms with Crippen LogP contribution in [0.25, 0.3) is 11.0 Å². The Kier molecular flexibility index (Phi) is 4.79. The summed E-state index contributed by atoms with van der Waals surface area (Å²) in [5.74, 6) is 0.414. The van der Waals surface area contributed by atoms with Crippen LogP contribution < -0.4 is 10.1 Å². The van der Waals surface area contributed by atoms with Crippen LogP contribution >= 0.6 is 0 Å². The van der Waals surface area contributed by atoms with Crippen molar-refractivity contribution >= 4 is 16.9 Å². The first kappa shape index (κ1) is 14.1. The van der Waals surface area contributed by atoms with Gasteiger partial charge in [0, 0.05) is 19.2 Å². The van der Waals surface area contributed by atoms with Crippen LogP contribution in [0.2, 0.25) is 0 Å². The summed E-state index contributed by atoms with van der Waals surface area (Å²) in [6, 6.07) is 5.20. The van der Waals surface area contributed by atoms with E-state index in [1.807, 2.05) is 0 Å². The van der Waals surface area contributed by atoms with E-state index in [4.69, 9.17) is 13.9 Å². The van der Waals surface area contributed by atoms with Crippen molar-refractivity contribution in [3.05, 3.63) is 42.7 Å². The fourth-order valence-electron chi connectivity index (χ4n) is 1.81. The van der Waals surface area contributed by atoms with Crippen molar-refractivity contribution in [3.63, 3.8) is 0 Å². The topological polar surface area (TPSA) is 60.7 Å². The van der Waals surface area contributed by atoms with E-state index in [0.717, 1.165) is 5.39 Å². The highest BCUT2D eigenvalue weighted by Crippen LogP contribution is 2.28. The van der Waals surface area contributed by atoms with Crippen LogP contribution in [0, 0.1) is 0 Å². The van der Waals surface area contributed by atoms with E-state index >= 15 is 0 Å². The Labute approximate surface area is 117 Å². The number of benzene rings is 1. The number of ether oxygens (including phenoxy) is 2. The molecule has 0 saturated carbocycles. The van der Waals surface area contributed by atoms with Gasteiger partial charge in [-0.2, -0.15) is 0 Å². The molecule has 0 aliphatic heterocycles. The molecule has 0 bridgehead atoms. The van der Waals surface area contributed by atoms with Gasteiger partial charge in [-0.15, -0.1) is 0 Å². The first-order valence-corrected chi connectivity index (χ1v) is 6.28. The molecular weight excluding hydrogens is 258 g/mol. The summed E-state index contributed by atoms with van der Waals surface area (Å²) >= 11 is 0. The predicted molar refractivity (Wildman–Crippen MR) is 76.1 cm³/mol. The number of fused-ring (bicyclic) bond motifs is 1. The zero-order chi connectivity index (χ0) is 14.4. The molecule has 0 spiro atoms. The van der Waals surface area contributed by atoms with Crippen LogP contribution in [0.1, 0.15) is 10.4 Å². The lowest BCUT2D eigenvalue weighted by molar-refractivity contribution is 0.0936. The van der Waals surface area contributed by atoms with Crippen molar-refractivity contribution in [1.29, 1.82) is 0 Å². The molecule has 5 nitrogen and oxygen atoms in total. The molecule has 0 atom stereocenters. The second-order valence-corrected chi connectivity index (χ2v) is 4.16. The molecule has 1 aromatic carbocycles. The third-order valence-corrected chi connectivity index (χ3v) is 2.74. The van der Waals surface area contributed by atoms with Crippen LogP contribution in [0.15, 0.2) is 41.5 Å². The third-order valence-electron chi connectivity index (χ3n) is 2.74. The largest absolute Gasteiger partial charge is 0.489 e. The van der Waals surface area contributed by atoms with Gasteiger partial charge in [0.15, 0.2) is 0 Å². The Morgan fingerprint density at radius 1 is 1.50 bits per heavy atom. The minimum Gasteiger partial charge on any atom is -0.489 e. The lowest BCUT2D eigenvalue weighted by atomic mass is 10.1. The number of hydrogen-bond acceptors (Lipinski definition) is 4. The molecular formula is C15H17NO4. The van der Waals surface area contributed by atoms with Gasteiger partial charge in [-0.25, -0.2) is 0 Å². The highest BCUT2D eigenvalue weighted by atomic mass is 16.5. The van der Waals surface area contributed by atoms with Crippen LogP contribution in [0.5, 0.6) is 5.75 Å². The second kappa shape index (κ2) is 6.77. The Bertz CT molecular complexity index is 603. The van der Waals surface area contributed by atoms with Crippen molar-refractivity contribution in [3.8, 4) is 5.75 Å². The number of nitrogens with one attached hydrogen (secondary N) is 1. The standard InChI is InChI=1S/C15H17NO4/c1-3-6-19-13-9-11(15(17)16-5-8-18-2)10-14-12(13)4-7-20-14/h3-4,7,9-10H,1,5-6,8H2,2H3,(H,16,17). The smallest absolute Gasteiger partial charge is 0.251 e. The molecule has 0 aliphatic rings. The molecule has 20 heavy (non-hydrogen) atoms. The molecule has 1 N–H and O–H groups in total. The lowest BCUT2D eigenvalue weighted by Gasteiger charge is -2.08. The monoisotopic (exact) mass is 275 g/mol. The van der Waals surface area contributed by atoms with Crippen molar-refractivity contribution in [2.45, 2.75) is 0 Å². The van der Waals surface area contributed by atoms with Gasteiger partial charge >= 0.3 is 0 Å². The van der Waals surface area contributed by atoms with Gasteiger partial charge in [0.05, 0.1) is 18.3 Å². The van der Waals surface area contributed by atoms with E-state index in [-0.39, 0.29) is 5.91 Å². The summed E-state index contributed by atoms with van der Waals surface area (Å²) in [6.45, 7) is 4.90. The molecule has 0 radical (unpaired) electrons. The fraction of sp³-hybridized carbons (Fsp3) is 0.267. The highest BCUT2D eigenvalue weighted by Gasteiger charge is 2.12. The molecule has 5 heteroatoms. The third kappa shape index (κ3) is 3.19. The average Bonchev–Trinajstić information content (AvgIpc) is 2.93. The Hall–Kier alpha value is -2.27. The Morgan fingerprint density at radius 2 is 2.35 bits per heavy atom. The Morgan fingerprint density at radius 3 is 3.10 bits per heavy atom. The van der Waals surface area contributed by atoms with Gasteiger partial charge in [-0.3, -0.25) is 4.79 Å². The number of carbonyl (C=O) groups is 1. The summed E-state index contributed by atoms with van der Waals surface area (Å²) in [5, 5.41) is 3.59. The van der Waals surface area contributed by atoms with Crippen molar-refractivity contribution in [2.75, 3.05) is 26.9 Å². The van der Waals surface area contributed by atoms with E-state index in [0.29, 0.717) is 36.7 Å². The summed E-state index contributed by atoms with van der Waals surface area (Å²) in [6.07, 6.45) is 3.22. The van der Waals surface area contributed by atoms with Gasteiger partial charge in [0.2, 0.25) is 0 Å². The lowest BCUT2D eigenvalue weighted by Crippen LogP contribution is -2.26. The molecule has 1 aromatic heterocycles. The molecule has 1 amide bonds. The molecule has 1 heterocycles. The first-order chi connectivity index (χ1) is 9.76. The van der Waals surface area contributed by atoms with Gasteiger partial charge in [-0.1, -0.05) is 12.7 Å². The minimum absolute atomic E-state index is 0.191. The van der Waals surface area contributed by atoms with E-state index in [1.165, 1.54) is 0 Å². The molecule has 0 unspecified atom stereocenters. The number of carbonyl (C=O) groups excluding carboxylic acids is 1. The average molecular weight is 275 g/mol. The quantitative estimate of drug-likeness (QED) is 0.622.